The van der Waals surface area contributed by atoms with Crippen LogP contribution in [-0.2, 0) is 15.5 Å². The number of amides is 2. The van der Waals surface area contributed by atoms with Crippen molar-refractivity contribution in [1.29, 1.82) is 0 Å². The number of carbonyl (C=O) groups excluding carboxylic acids is 2. The van der Waals surface area contributed by atoms with Crippen LogP contribution in [0.4, 0.5) is 5.69 Å². The van der Waals surface area contributed by atoms with Gasteiger partial charge in [0.1, 0.15) is 0 Å². The second kappa shape index (κ2) is 8.88. The molecule has 1 aliphatic heterocycles. The molecule has 8 heteroatoms. The van der Waals surface area contributed by atoms with Gasteiger partial charge in [0.05, 0.1) is 16.0 Å². The van der Waals surface area contributed by atoms with Crippen LogP contribution in [0.1, 0.15) is 59.9 Å². The van der Waals surface area contributed by atoms with Gasteiger partial charge < -0.3 is 5.32 Å². The van der Waals surface area contributed by atoms with Gasteiger partial charge in [-0.15, -0.1) is 0 Å². The maximum absolute atomic E-state index is 12.4. The van der Waals surface area contributed by atoms with Crippen LogP contribution in [0, 0.1) is 0 Å². The van der Waals surface area contributed by atoms with E-state index in [2.05, 4.69) is 11.9 Å². The molecule has 1 heterocycles. The van der Waals surface area contributed by atoms with Gasteiger partial charge in [-0.05, 0) is 55.7 Å². The Balaban J connectivity index is 1.65. The highest BCUT2D eigenvalue weighted by Gasteiger charge is 2.34. The van der Waals surface area contributed by atoms with Gasteiger partial charge in [-0.3, -0.25) is 19.0 Å². The van der Waals surface area contributed by atoms with E-state index in [1.165, 1.54) is 17.0 Å². The van der Waals surface area contributed by atoms with Gasteiger partial charge in [-0.25, -0.2) is 0 Å². The molecule has 0 radical (unpaired) electrons. The number of unbranched alkanes of at least 4 members (excludes halogenated alkanes) is 1. The van der Waals surface area contributed by atoms with Gasteiger partial charge in [-0.2, -0.15) is 8.42 Å². The first kappa shape index (κ1) is 23.7. The Kier molecular flexibility index (Phi) is 6.57. The maximum atomic E-state index is 12.4. The SMILES string of the molecule is C=C(C)C(C)(C)c1cc(S(=O)(=O)O)ccc1NCCCCN1C(=O)c2ccccc2C1=O. The fourth-order valence-electron chi connectivity index (χ4n) is 3.65. The summed E-state index contributed by atoms with van der Waals surface area (Å²) in [5.41, 5.74) is 2.66. The summed E-state index contributed by atoms with van der Waals surface area (Å²) < 4.78 is 32.6. The minimum atomic E-state index is -4.33. The predicted octanol–water partition coefficient (Wildman–Crippen LogP) is 4.28. The van der Waals surface area contributed by atoms with Gasteiger partial charge in [0.15, 0.2) is 0 Å². The zero-order valence-electron chi connectivity index (χ0n) is 18.5. The number of allylic oxidation sites excluding steroid dienone is 1. The highest BCUT2D eigenvalue weighted by molar-refractivity contribution is 7.85. The Labute approximate surface area is 188 Å². The minimum Gasteiger partial charge on any atom is -0.385 e. The lowest BCUT2D eigenvalue weighted by Gasteiger charge is -2.29. The quantitative estimate of drug-likeness (QED) is 0.253. The monoisotopic (exact) mass is 456 g/mol. The van der Waals surface area contributed by atoms with Crippen LogP contribution in [0.25, 0.3) is 0 Å². The molecule has 2 N–H and O–H groups in total. The summed E-state index contributed by atoms with van der Waals surface area (Å²) in [5, 5.41) is 3.31. The Morgan fingerprint density at radius 2 is 1.66 bits per heavy atom. The van der Waals surface area contributed by atoms with Crippen molar-refractivity contribution < 1.29 is 22.6 Å². The molecule has 0 saturated heterocycles. The molecule has 2 aromatic rings. The average Bonchev–Trinajstić information content (AvgIpc) is 2.97. The molecular formula is C24H28N2O5S. The van der Waals surface area contributed by atoms with E-state index in [0.29, 0.717) is 42.6 Å². The molecule has 0 saturated carbocycles. The Morgan fingerprint density at radius 1 is 1.06 bits per heavy atom. The van der Waals surface area contributed by atoms with Crippen molar-refractivity contribution in [3.8, 4) is 0 Å². The fraction of sp³-hybridized carbons (Fsp3) is 0.333. The van der Waals surface area contributed by atoms with E-state index in [0.717, 1.165) is 11.3 Å². The van der Waals surface area contributed by atoms with E-state index in [9.17, 15) is 22.6 Å². The first-order valence-corrected chi connectivity index (χ1v) is 11.9. The third-order valence-electron chi connectivity index (χ3n) is 6.03. The van der Waals surface area contributed by atoms with E-state index in [-0.39, 0.29) is 16.7 Å². The van der Waals surface area contributed by atoms with Gasteiger partial charge >= 0.3 is 0 Å². The molecule has 0 aromatic heterocycles. The molecule has 0 atom stereocenters. The Hall–Kier alpha value is -2.97. The Morgan fingerprint density at radius 3 is 2.19 bits per heavy atom. The lowest BCUT2D eigenvalue weighted by molar-refractivity contribution is 0.0652. The number of hydrogen-bond acceptors (Lipinski definition) is 5. The molecule has 7 nitrogen and oxygen atoms in total. The number of imide groups is 1. The summed E-state index contributed by atoms with van der Waals surface area (Å²) in [6, 6.07) is 11.3. The number of carbonyl (C=O) groups is 2. The van der Waals surface area contributed by atoms with Crippen LogP contribution in [-0.4, -0.2) is 42.8 Å². The molecule has 0 bridgehead atoms. The van der Waals surface area contributed by atoms with E-state index >= 15 is 0 Å². The van der Waals surface area contributed by atoms with Crippen molar-refractivity contribution in [3.63, 3.8) is 0 Å². The van der Waals surface area contributed by atoms with Gasteiger partial charge in [0, 0.05) is 24.2 Å². The molecule has 1 aliphatic rings. The van der Waals surface area contributed by atoms with Gasteiger partial charge in [0.25, 0.3) is 21.9 Å². The van der Waals surface area contributed by atoms with Crippen LogP contribution in [0.15, 0.2) is 59.5 Å². The van der Waals surface area contributed by atoms with Crippen LogP contribution in [0.3, 0.4) is 0 Å². The highest BCUT2D eigenvalue weighted by Crippen LogP contribution is 2.36. The number of benzene rings is 2. The van der Waals surface area contributed by atoms with Crippen LogP contribution in [0.2, 0.25) is 0 Å². The third kappa shape index (κ3) is 4.61. The number of nitrogens with one attached hydrogen (secondary N) is 1. The molecule has 2 aromatic carbocycles. The zero-order chi connectivity index (χ0) is 23.7. The standard InChI is InChI=1S/C24H28N2O5S/c1-16(2)24(3,4)20-15-17(32(29,30)31)11-12-21(20)25-13-7-8-14-26-22(27)18-9-5-6-10-19(18)23(26)28/h5-6,9-12,15,25H,1,7-8,13-14H2,2-4H3,(H,29,30,31). The van der Waals surface area contributed by atoms with Crippen LogP contribution >= 0.6 is 0 Å². The Bertz CT molecular complexity index is 1150. The van der Waals surface area contributed by atoms with Crippen molar-refractivity contribution >= 4 is 27.6 Å². The normalized spacial score (nSPS) is 13.9. The lowest BCUT2D eigenvalue weighted by atomic mass is 9.78. The summed E-state index contributed by atoms with van der Waals surface area (Å²) in [5.74, 6) is -0.519. The molecule has 0 spiro atoms. The molecular weight excluding hydrogens is 428 g/mol. The number of rotatable bonds is 9. The zero-order valence-corrected chi connectivity index (χ0v) is 19.3. The molecule has 32 heavy (non-hydrogen) atoms. The minimum absolute atomic E-state index is 0.169. The fourth-order valence-corrected chi connectivity index (χ4v) is 4.15. The van der Waals surface area contributed by atoms with Crippen molar-refractivity contribution in [2.75, 3.05) is 18.4 Å². The van der Waals surface area contributed by atoms with Crippen molar-refractivity contribution in [2.45, 2.75) is 43.9 Å². The molecule has 3 rings (SSSR count). The molecule has 170 valence electrons. The topological polar surface area (TPSA) is 104 Å². The maximum Gasteiger partial charge on any atom is 0.294 e. The molecule has 2 amide bonds. The third-order valence-corrected chi connectivity index (χ3v) is 6.88. The van der Waals surface area contributed by atoms with Crippen LogP contribution < -0.4 is 5.32 Å². The van der Waals surface area contributed by atoms with E-state index < -0.39 is 15.5 Å². The number of hydrogen-bond donors (Lipinski definition) is 2. The van der Waals surface area contributed by atoms with Crippen molar-refractivity contribution in [3.05, 3.63) is 71.3 Å². The molecule has 0 fully saturated rings. The summed E-state index contributed by atoms with van der Waals surface area (Å²) in [6.07, 6.45) is 1.32. The number of anilines is 1. The van der Waals surface area contributed by atoms with E-state index in [4.69, 9.17) is 0 Å². The first-order valence-electron chi connectivity index (χ1n) is 10.4. The first-order chi connectivity index (χ1) is 14.9. The number of fused-ring (bicyclic) bond motifs is 1. The summed E-state index contributed by atoms with van der Waals surface area (Å²) in [4.78, 5) is 26.0. The average molecular weight is 457 g/mol. The smallest absolute Gasteiger partial charge is 0.294 e. The van der Waals surface area contributed by atoms with Crippen LogP contribution in [0.5, 0.6) is 0 Å². The lowest BCUT2D eigenvalue weighted by Crippen LogP contribution is -2.31. The highest BCUT2D eigenvalue weighted by atomic mass is 32.2. The van der Waals surface area contributed by atoms with Gasteiger partial charge in [-0.1, -0.05) is 38.1 Å². The van der Waals surface area contributed by atoms with Gasteiger partial charge in [0.2, 0.25) is 0 Å². The number of nitrogens with zero attached hydrogens (tertiary/aromatic N) is 1. The largest absolute Gasteiger partial charge is 0.385 e. The summed E-state index contributed by atoms with van der Waals surface area (Å²) in [6.45, 7) is 10.6. The second-order valence-electron chi connectivity index (χ2n) is 8.53. The van der Waals surface area contributed by atoms with Crippen molar-refractivity contribution in [2.24, 2.45) is 0 Å². The van der Waals surface area contributed by atoms with E-state index in [1.807, 2.05) is 20.8 Å². The summed E-state index contributed by atoms with van der Waals surface area (Å²) >= 11 is 0. The van der Waals surface area contributed by atoms with Crippen molar-refractivity contribution in [1.82, 2.24) is 4.90 Å². The predicted molar refractivity (Wildman–Crippen MR) is 124 cm³/mol. The summed E-state index contributed by atoms with van der Waals surface area (Å²) in [7, 11) is -4.33. The molecule has 0 unspecified atom stereocenters. The molecule has 0 aliphatic carbocycles. The second-order valence-corrected chi connectivity index (χ2v) is 9.95. The van der Waals surface area contributed by atoms with E-state index in [1.54, 1.807) is 30.3 Å².